The quantitative estimate of drug-likeness (QED) is 0.833. The van der Waals surface area contributed by atoms with Crippen LogP contribution in [0.4, 0.5) is 0 Å². The van der Waals surface area contributed by atoms with Crippen LogP contribution in [-0.2, 0) is 0 Å². The Labute approximate surface area is 134 Å². The average Bonchev–Trinajstić information content (AvgIpc) is 3.00. The summed E-state index contributed by atoms with van der Waals surface area (Å²) < 4.78 is 0. The fourth-order valence-electron chi connectivity index (χ4n) is 3.93. The number of nitrogens with zero attached hydrogens (tertiary/aromatic N) is 2. The summed E-state index contributed by atoms with van der Waals surface area (Å²) in [7, 11) is 2.22. The van der Waals surface area contributed by atoms with Crippen molar-refractivity contribution in [2.45, 2.75) is 31.6 Å². The Balaban J connectivity index is 1.73. The second-order valence-electron chi connectivity index (χ2n) is 6.81. The predicted octanol–water partition coefficient (Wildman–Crippen LogP) is 3.86. The highest BCUT2D eigenvalue weighted by Gasteiger charge is 2.29. The number of hydrogen-bond acceptors (Lipinski definition) is 2. The summed E-state index contributed by atoms with van der Waals surface area (Å²) in [5.74, 6) is 1.51. The number of likely N-dealkylation sites (N-methyl/N-ethyl adjacent to an activating group) is 1. The van der Waals surface area contributed by atoms with Crippen LogP contribution >= 0.6 is 11.6 Å². The number of rotatable bonds is 4. The first-order chi connectivity index (χ1) is 10.2. The van der Waals surface area contributed by atoms with Crippen LogP contribution < -0.4 is 0 Å². The molecule has 1 aliphatic carbocycles. The summed E-state index contributed by atoms with van der Waals surface area (Å²) in [6, 6.07) is 8.59. The van der Waals surface area contributed by atoms with Gasteiger partial charge in [-0.3, -0.25) is 0 Å². The third kappa shape index (κ3) is 4.00. The number of piperazine rings is 1. The van der Waals surface area contributed by atoms with Crippen molar-refractivity contribution < 1.29 is 0 Å². The lowest BCUT2D eigenvalue weighted by Gasteiger charge is -2.36. The summed E-state index contributed by atoms with van der Waals surface area (Å²) in [6.45, 7) is 6.03. The van der Waals surface area contributed by atoms with E-state index in [0.717, 1.165) is 10.9 Å². The van der Waals surface area contributed by atoms with Gasteiger partial charge in [0, 0.05) is 37.7 Å². The van der Waals surface area contributed by atoms with E-state index in [4.69, 9.17) is 11.6 Å². The Bertz CT molecular complexity index is 448. The van der Waals surface area contributed by atoms with Crippen molar-refractivity contribution in [1.29, 1.82) is 0 Å². The predicted molar refractivity (Wildman–Crippen MR) is 90.1 cm³/mol. The molecular formula is C18H27ClN2. The Morgan fingerprint density at radius 2 is 1.86 bits per heavy atom. The molecule has 0 N–H and O–H groups in total. The van der Waals surface area contributed by atoms with Gasteiger partial charge in [-0.2, -0.15) is 0 Å². The van der Waals surface area contributed by atoms with Gasteiger partial charge in [0.2, 0.25) is 0 Å². The van der Waals surface area contributed by atoms with Crippen molar-refractivity contribution in [3.63, 3.8) is 0 Å². The molecule has 1 saturated carbocycles. The highest BCUT2D eigenvalue weighted by Crippen LogP contribution is 2.38. The van der Waals surface area contributed by atoms with Crippen molar-refractivity contribution in [1.82, 2.24) is 9.80 Å². The summed E-state index contributed by atoms with van der Waals surface area (Å²) in [4.78, 5) is 5.09. The van der Waals surface area contributed by atoms with Gasteiger partial charge in [0.25, 0.3) is 0 Å². The normalized spacial score (nSPS) is 23.5. The standard InChI is InChI=1S/C18H27ClN2/c1-20-9-11-21(12-10-20)14-18(15-5-2-3-6-15)16-7-4-8-17(19)13-16/h4,7-8,13,15,18H,2-3,5-6,9-12,14H2,1H3/t18-/m0/s1. The van der Waals surface area contributed by atoms with E-state index in [0.29, 0.717) is 5.92 Å². The minimum Gasteiger partial charge on any atom is -0.304 e. The third-order valence-electron chi connectivity index (χ3n) is 5.30. The number of benzene rings is 1. The fourth-order valence-corrected chi connectivity index (χ4v) is 4.13. The summed E-state index contributed by atoms with van der Waals surface area (Å²) in [5.41, 5.74) is 1.45. The molecule has 2 fully saturated rings. The highest BCUT2D eigenvalue weighted by molar-refractivity contribution is 6.30. The Hall–Kier alpha value is -0.570. The number of halogens is 1. The van der Waals surface area contributed by atoms with Crippen LogP contribution in [0.25, 0.3) is 0 Å². The van der Waals surface area contributed by atoms with Crippen molar-refractivity contribution in [3.05, 3.63) is 34.9 Å². The molecule has 21 heavy (non-hydrogen) atoms. The third-order valence-corrected chi connectivity index (χ3v) is 5.53. The second kappa shape index (κ2) is 7.13. The van der Waals surface area contributed by atoms with Gasteiger partial charge in [0.1, 0.15) is 0 Å². The van der Waals surface area contributed by atoms with E-state index in [1.54, 1.807) is 0 Å². The lowest BCUT2D eigenvalue weighted by Crippen LogP contribution is -2.46. The molecule has 1 atom stereocenters. The molecule has 0 radical (unpaired) electrons. The summed E-state index contributed by atoms with van der Waals surface area (Å²) in [5, 5.41) is 0.883. The molecule has 1 saturated heterocycles. The highest BCUT2D eigenvalue weighted by atomic mass is 35.5. The monoisotopic (exact) mass is 306 g/mol. The maximum Gasteiger partial charge on any atom is 0.0408 e. The van der Waals surface area contributed by atoms with Gasteiger partial charge in [-0.1, -0.05) is 36.6 Å². The molecule has 1 aromatic rings. The molecule has 1 heterocycles. The lowest BCUT2D eigenvalue weighted by molar-refractivity contribution is 0.137. The molecule has 1 aliphatic heterocycles. The molecule has 2 aliphatic rings. The molecule has 1 aromatic carbocycles. The minimum atomic E-state index is 0.662. The topological polar surface area (TPSA) is 6.48 Å². The van der Waals surface area contributed by atoms with E-state index >= 15 is 0 Å². The SMILES string of the molecule is CN1CCN(C[C@H](c2cccc(Cl)c2)C2CCCC2)CC1. The molecule has 0 bridgehead atoms. The van der Waals surface area contributed by atoms with E-state index in [-0.39, 0.29) is 0 Å². The Morgan fingerprint density at radius 1 is 1.14 bits per heavy atom. The average molecular weight is 307 g/mol. The zero-order valence-corrected chi connectivity index (χ0v) is 13.9. The van der Waals surface area contributed by atoms with Gasteiger partial charge < -0.3 is 9.80 Å². The molecule has 3 rings (SSSR count). The van der Waals surface area contributed by atoms with Gasteiger partial charge in [-0.25, -0.2) is 0 Å². The van der Waals surface area contributed by atoms with E-state index < -0.39 is 0 Å². The number of hydrogen-bond donors (Lipinski definition) is 0. The van der Waals surface area contributed by atoms with Gasteiger partial charge in [0.15, 0.2) is 0 Å². The van der Waals surface area contributed by atoms with E-state index in [2.05, 4.69) is 35.0 Å². The van der Waals surface area contributed by atoms with Gasteiger partial charge in [-0.05, 0) is 49.4 Å². The van der Waals surface area contributed by atoms with E-state index in [9.17, 15) is 0 Å². The van der Waals surface area contributed by atoms with Crippen LogP contribution in [0.5, 0.6) is 0 Å². The Kier molecular flexibility index (Phi) is 5.20. The van der Waals surface area contributed by atoms with E-state index in [1.165, 1.54) is 64.0 Å². The van der Waals surface area contributed by atoms with Crippen LogP contribution in [0.1, 0.15) is 37.2 Å². The lowest BCUT2D eigenvalue weighted by atomic mass is 9.84. The fraction of sp³-hybridized carbons (Fsp3) is 0.667. The van der Waals surface area contributed by atoms with Crippen molar-refractivity contribution in [2.75, 3.05) is 39.8 Å². The molecule has 0 amide bonds. The maximum atomic E-state index is 6.24. The first-order valence-corrected chi connectivity index (χ1v) is 8.76. The molecule has 0 unspecified atom stereocenters. The molecule has 116 valence electrons. The maximum absolute atomic E-state index is 6.24. The molecule has 0 spiro atoms. The van der Waals surface area contributed by atoms with Crippen molar-refractivity contribution in [3.8, 4) is 0 Å². The van der Waals surface area contributed by atoms with Crippen molar-refractivity contribution in [2.24, 2.45) is 5.92 Å². The zero-order valence-electron chi connectivity index (χ0n) is 13.1. The van der Waals surface area contributed by atoms with Crippen LogP contribution in [0.2, 0.25) is 5.02 Å². The van der Waals surface area contributed by atoms with E-state index in [1.807, 2.05) is 6.07 Å². The molecule has 0 aromatic heterocycles. The largest absolute Gasteiger partial charge is 0.304 e. The van der Waals surface area contributed by atoms with Gasteiger partial charge >= 0.3 is 0 Å². The smallest absolute Gasteiger partial charge is 0.0408 e. The first kappa shape index (κ1) is 15.3. The molecule has 2 nitrogen and oxygen atoms in total. The van der Waals surface area contributed by atoms with Crippen LogP contribution in [0, 0.1) is 5.92 Å². The van der Waals surface area contributed by atoms with Crippen LogP contribution in [-0.4, -0.2) is 49.6 Å². The van der Waals surface area contributed by atoms with Crippen molar-refractivity contribution >= 4 is 11.6 Å². The first-order valence-electron chi connectivity index (χ1n) is 8.39. The Morgan fingerprint density at radius 3 is 2.52 bits per heavy atom. The molecule has 3 heteroatoms. The van der Waals surface area contributed by atoms with Crippen LogP contribution in [0.3, 0.4) is 0 Å². The summed E-state index contributed by atoms with van der Waals surface area (Å²) in [6.07, 6.45) is 5.60. The second-order valence-corrected chi connectivity index (χ2v) is 7.25. The van der Waals surface area contributed by atoms with Gasteiger partial charge in [-0.15, -0.1) is 0 Å². The van der Waals surface area contributed by atoms with Crippen LogP contribution in [0.15, 0.2) is 24.3 Å². The zero-order chi connectivity index (χ0) is 14.7. The minimum absolute atomic E-state index is 0.662. The molecular weight excluding hydrogens is 280 g/mol. The van der Waals surface area contributed by atoms with Gasteiger partial charge in [0.05, 0.1) is 0 Å². The summed E-state index contributed by atoms with van der Waals surface area (Å²) >= 11 is 6.24.